The largest absolute Gasteiger partial charge is 0.329 e. The van der Waals surface area contributed by atoms with E-state index in [1.807, 2.05) is 0 Å². The van der Waals surface area contributed by atoms with Gasteiger partial charge in [-0.15, -0.1) is 0 Å². The third-order valence-electron chi connectivity index (χ3n) is 4.51. The summed E-state index contributed by atoms with van der Waals surface area (Å²) in [6, 6.07) is 1.27. The van der Waals surface area contributed by atoms with Crippen molar-refractivity contribution in [2.75, 3.05) is 32.7 Å². The van der Waals surface area contributed by atoms with Crippen LogP contribution in [0.15, 0.2) is 0 Å². The Balaban J connectivity index is 2.59. The summed E-state index contributed by atoms with van der Waals surface area (Å²) < 4.78 is 0. The van der Waals surface area contributed by atoms with Crippen LogP contribution < -0.4 is 5.73 Å². The Morgan fingerprint density at radius 1 is 1.18 bits per heavy atom. The quantitative estimate of drug-likeness (QED) is 0.769. The van der Waals surface area contributed by atoms with Crippen LogP contribution in [0.2, 0.25) is 0 Å². The van der Waals surface area contributed by atoms with Gasteiger partial charge in [0.25, 0.3) is 0 Å². The van der Waals surface area contributed by atoms with E-state index >= 15 is 0 Å². The Morgan fingerprint density at radius 3 is 2.24 bits per heavy atom. The highest BCUT2D eigenvalue weighted by Crippen LogP contribution is 2.21. The zero-order valence-electron chi connectivity index (χ0n) is 12.2. The summed E-state index contributed by atoms with van der Waals surface area (Å²) in [7, 11) is 0. The summed E-state index contributed by atoms with van der Waals surface area (Å²) in [4.78, 5) is 5.20. The number of hydrogen-bond acceptors (Lipinski definition) is 3. The van der Waals surface area contributed by atoms with Gasteiger partial charge in [0.1, 0.15) is 0 Å². The molecule has 102 valence electrons. The molecule has 0 aromatic heterocycles. The molecule has 1 aliphatic rings. The highest BCUT2D eigenvalue weighted by atomic mass is 15.3. The first-order valence-corrected chi connectivity index (χ1v) is 7.35. The van der Waals surface area contributed by atoms with Gasteiger partial charge in [-0.05, 0) is 19.4 Å². The molecular weight excluding hydrogens is 210 g/mol. The second-order valence-electron chi connectivity index (χ2n) is 5.35. The van der Waals surface area contributed by atoms with E-state index in [0.717, 1.165) is 12.5 Å². The summed E-state index contributed by atoms with van der Waals surface area (Å²) in [5, 5.41) is 0. The molecule has 1 aliphatic heterocycles. The van der Waals surface area contributed by atoms with Crippen molar-refractivity contribution in [2.45, 2.75) is 52.6 Å². The van der Waals surface area contributed by atoms with Crippen molar-refractivity contribution in [1.82, 2.24) is 9.80 Å². The second kappa shape index (κ2) is 7.34. The van der Waals surface area contributed by atoms with Gasteiger partial charge in [0.2, 0.25) is 0 Å². The van der Waals surface area contributed by atoms with Gasteiger partial charge in [-0.25, -0.2) is 0 Å². The molecule has 1 rings (SSSR count). The molecule has 1 heterocycles. The van der Waals surface area contributed by atoms with Crippen molar-refractivity contribution in [3.8, 4) is 0 Å². The van der Waals surface area contributed by atoms with E-state index in [-0.39, 0.29) is 0 Å². The Morgan fingerprint density at radius 2 is 1.82 bits per heavy atom. The molecule has 0 amide bonds. The van der Waals surface area contributed by atoms with Gasteiger partial charge < -0.3 is 5.73 Å². The van der Waals surface area contributed by atoms with Gasteiger partial charge in [0.05, 0.1) is 0 Å². The van der Waals surface area contributed by atoms with Gasteiger partial charge >= 0.3 is 0 Å². The van der Waals surface area contributed by atoms with E-state index in [2.05, 4.69) is 37.5 Å². The van der Waals surface area contributed by atoms with Gasteiger partial charge in [-0.1, -0.05) is 33.6 Å². The van der Waals surface area contributed by atoms with Crippen LogP contribution in [0, 0.1) is 5.92 Å². The van der Waals surface area contributed by atoms with Gasteiger partial charge in [0.15, 0.2) is 0 Å². The van der Waals surface area contributed by atoms with Crippen molar-refractivity contribution >= 4 is 0 Å². The smallest absolute Gasteiger partial charge is 0.0247 e. The summed E-state index contributed by atoms with van der Waals surface area (Å²) in [5.74, 6) is 0.764. The van der Waals surface area contributed by atoms with Crippen molar-refractivity contribution in [3.05, 3.63) is 0 Å². The molecule has 2 atom stereocenters. The minimum Gasteiger partial charge on any atom is -0.329 e. The number of nitrogens with two attached hydrogens (primary N) is 1. The number of likely N-dealkylation sites (N-methyl/N-ethyl adjacent to an activating group) is 1. The van der Waals surface area contributed by atoms with Crippen LogP contribution in [0.1, 0.15) is 40.5 Å². The van der Waals surface area contributed by atoms with E-state index in [9.17, 15) is 0 Å². The van der Waals surface area contributed by atoms with Crippen LogP contribution >= 0.6 is 0 Å². The highest BCUT2D eigenvalue weighted by Gasteiger charge is 2.30. The maximum absolute atomic E-state index is 6.01. The number of hydrogen-bond donors (Lipinski definition) is 1. The molecule has 3 heteroatoms. The third kappa shape index (κ3) is 3.67. The zero-order valence-corrected chi connectivity index (χ0v) is 12.2. The summed E-state index contributed by atoms with van der Waals surface area (Å²) in [6.45, 7) is 14.8. The van der Waals surface area contributed by atoms with Crippen molar-refractivity contribution in [1.29, 1.82) is 0 Å². The maximum atomic E-state index is 6.01. The average Bonchev–Trinajstić information content (AvgIpc) is 2.35. The van der Waals surface area contributed by atoms with E-state index in [1.54, 1.807) is 0 Å². The first-order valence-electron chi connectivity index (χ1n) is 7.35. The molecule has 0 aromatic carbocycles. The zero-order chi connectivity index (χ0) is 12.8. The fraction of sp³-hybridized carbons (Fsp3) is 1.00. The van der Waals surface area contributed by atoms with Crippen molar-refractivity contribution < 1.29 is 0 Å². The van der Waals surface area contributed by atoms with Gasteiger partial charge in [-0.3, -0.25) is 9.80 Å². The Bertz CT molecular complexity index is 204. The number of piperazine rings is 1. The lowest BCUT2D eigenvalue weighted by Crippen LogP contribution is -2.57. The lowest BCUT2D eigenvalue weighted by atomic mass is 9.92. The molecule has 0 saturated carbocycles. The average molecular weight is 241 g/mol. The molecule has 0 bridgehead atoms. The van der Waals surface area contributed by atoms with E-state index in [4.69, 9.17) is 5.73 Å². The summed E-state index contributed by atoms with van der Waals surface area (Å²) >= 11 is 0. The number of rotatable bonds is 6. The topological polar surface area (TPSA) is 32.5 Å². The van der Waals surface area contributed by atoms with Crippen LogP contribution in [0.25, 0.3) is 0 Å². The SMILES string of the molecule is CCC(CC)C(CN)N1CCN(CC)C(C)C1. The van der Waals surface area contributed by atoms with E-state index in [1.165, 1.54) is 39.0 Å². The van der Waals surface area contributed by atoms with Crippen LogP contribution in [0.5, 0.6) is 0 Å². The molecule has 0 aromatic rings. The monoisotopic (exact) mass is 241 g/mol. The minimum atomic E-state index is 0.589. The summed E-state index contributed by atoms with van der Waals surface area (Å²) in [6.07, 6.45) is 2.50. The van der Waals surface area contributed by atoms with E-state index < -0.39 is 0 Å². The third-order valence-corrected chi connectivity index (χ3v) is 4.51. The van der Waals surface area contributed by atoms with Crippen LogP contribution in [0.4, 0.5) is 0 Å². The van der Waals surface area contributed by atoms with E-state index in [0.29, 0.717) is 12.1 Å². The van der Waals surface area contributed by atoms with Crippen LogP contribution in [-0.4, -0.2) is 54.6 Å². The van der Waals surface area contributed by atoms with Crippen molar-refractivity contribution in [2.24, 2.45) is 11.7 Å². The standard InChI is InChI=1S/C14H31N3/c1-5-13(6-2)14(10-15)17-9-8-16(7-3)12(4)11-17/h12-14H,5-11,15H2,1-4H3. The van der Waals surface area contributed by atoms with Gasteiger partial charge in [0, 0.05) is 38.3 Å². The Hall–Kier alpha value is -0.120. The fourth-order valence-corrected chi connectivity index (χ4v) is 3.27. The van der Waals surface area contributed by atoms with Crippen LogP contribution in [-0.2, 0) is 0 Å². The minimum absolute atomic E-state index is 0.589. The molecule has 2 unspecified atom stereocenters. The Kier molecular flexibility index (Phi) is 6.45. The molecule has 0 spiro atoms. The van der Waals surface area contributed by atoms with Crippen LogP contribution in [0.3, 0.4) is 0 Å². The maximum Gasteiger partial charge on any atom is 0.0247 e. The molecular formula is C14H31N3. The molecule has 1 fully saturated rings. The molecule has 17 heavy (non-hydrogen) atoms. The first-order chi connectivity index (χ1) is 8.17. The molecule has 2 N–H and O–H groups in total. The molecule has 3 nitrogen and oxygen atoms in total. The summed E-state index contributed by atoms with van der Waals surface area (Å²) in [5.41, 5.74) is 6.01. The Labute approximate surface area is 107 Å². The lowest BCUT2D eigenvalue weighted by Gasteiger charge is -2.44. The molecule has 0 aliphatic carbocycles. The predicted molar refractivity (Wildman–Crippen MR) is 75.2 cm³/mol. The number of nitrogens with zero attached hydrogens (tertiary/aromatic N) is 2. The van der Waals surface area contributed by atoms with Crippen molar-refractivity contribution in [3.63, 3.8) is 0 Å². The highest BCUT2D eigenvalue weighted by molar-refractivity contribution is 4.86. The fourth-order valence-electron chi connectivity index (χ4n) is 3.27. The lowest BCUT2D eigenvalue weighted by molar-refractivity contribution is 0.0396. The van der Waals surface area contributed by atoms with Gasteiger partial charge in [-0.2, -0.15) is 0 Å². The molecule has 1 saturated heterocycles. The first kappa shape index (κ1) is 14.9. The normalized spacial score (nSPS) is 25.4. The second-order valence-corrected chi connectivity index (χ2v) is 5.35. The molecule has 0 radical (unpaired) electrons. The predicted octanol–water partition coefficient (Wildman–Crippen LogP) is 1.78.